The molecule has 70 heavy (non-hydrogen) atoms. The van der Waals surface area contributed by atoms with E-state index in [0.29, 0.717) is 72.4 Å². The maximum absolute atomic E-state index is 13.4. The van der Waals surface area contributed by atoms with Crippen LogP contribution in [0.1, 0.15) is 96.8 Å². The van der Waals surface area contributed by atoms with E-state index in [-0.39, 0.29) is 35.1 Å². The highest BCUT2D eigenvalue weighted by Crippen LogP contribution is 2.39. The Hall–Kier alpha value is -6.18. The molecule has 0 saturated carbocycles. The van der Waals surface area contributed by atoms with Gasteiger partial charge in [-0.05, 0) is 75.9 Å². The molecule has 6 heterocycles. The second kappa shape index (κ2) is 22.3. The molecule has 0 amide bonds. The van der Waals surface area contributed by atoms with Gasteiger partial charge < -0.3 is 38.6 Å². The second-order valence-corrected chi connectivity index (χ2v) is 21.6. The van der Waals surface area contributed by atoms with E-state index in [1.165, 1.54) is 67.1 Å². The van der Waals surface area contributed by atoms with Crippen LogP contribution in [0.25, 0.3) is 11.4 Å². The van der Waals surface area contributed by atoms with Gasteiger partial charge in [0, 0.05) is 49.8 Å². The van der Waals surface area contributed by atoms with Crippen molar-refractivity contribution in [3.05, 3.63) is 107 Å². The van der Waals surface area contributed by atoms with Crippen LogP contribution in [0.3, 0.4) is 0 Å². The topological polar surface area (TPSA) is 277 Å². The van der Waals surface area contributed by atoms with Gasteiger partial charge >= 0.3 is 0 Å². The average Bonchev–Trinajstić information content (AvgIpc) is 4.22. The predicted molar refractivity (Wildman–Crippen MR) is 253 cm³/mol. The largest absolute Gasteiger partial charge is 0.494 e. The number of nitrogens with zero attached hydrogens (tertiary/aromatic N) is 10. The number of para-hydroxylation sites is 2. The van der Waals surface area contributed by atoms with Crippen LogP contribution in [0.2, 0.25) is 0 Å². The number of rotatable bonds is 18. The fourth-order valence-corrected chi connectivity index (χ4v) is 10.6. The van der Waals surface area contributed by atoms with Crippen molar-refractivity contribution >= 4 is 19.7 Å². The van der Waals surface area contributed by atoms with Gasteiger partial charge in [-0.3, -0.25) is 9.13 Å². The summed E-state index contributed by atoms with van der Waals surface area (Å²) in [6.07, 6.45) is 4.78. The number of methoxy groups -OCH3 is 4. The highest BCUT2D eigenvalue weighted by atomic mass is 32.2. The summed E-state index contributed by atoms with van der Waals surface area (Å²) >= 11 is 0. The Balaban J connectivity index is 0.000000206. The van der Waals surface area contributed by atoms with Crippen molar-refractivity contribution in [2.24, 2.45) is 0 Å². The minimum absolute atomic E-state index is 0.0448. The van der Waals surface area contributed by atoms with Crippen molar-refractivity contribution in [3.63, 3.8) is 0 Å². The molecule has 2 fully saturated rings. The summed E-state index contributed by atoms with van der Waals surface area (Å²) in [5, 5.41) is 36.3. The third kappa shape index (κ3) is 11.1. The highest BCUT2D eigenvalue weighted by Gasteiger charge is 2.37. The van der Waals surface area contributed by atoms with E-state index in [9.17, 15) is 27.0 Å². The van der Waals surface area contributed by atoms with E-state index >= 15 is 0 Å². The molecule has 6 aromatic rings. The van der Waals surface area contributed by atoms with Crippen molar-refractivity contribution in [2.75, 3.05) is 54.9 Å². The Kier molecular flexibility index (Phi) is 16.4. The fourth-order valence-electron chi connectivity index (χ4n) is 7.99. The number of ether oxygens (including phenoxy) is 6. The maximum atomic E-state index is 13.4. The predicted octanol–water partition coefficient (Wildman–Crippen LogP) is 3.85. The van der Waals surface area contributed by atoms with Crippen LogP contribution in [-0.2, 0) is 40.7 Å². The van der Waals surface area contributed by atoms with Gasteiger partial charge in [-0.25, -0.2) is 36.8 Å². The molecule has 2 N–H and O–H groups in total. The Labute approximate surface area is 406 Å². The molecular weight excluding hydrogens is 949 g/mol. The summed E-state index contributed by atoms with van der Waals surface area (Å²) in [6.45, 7) is 8.52. The Morgan fingerprint density at radius 2 is 0.914 bits per heavy atom. The second-order valence-electron chi connectivity index (χ2n) is 16.9. The first-order valence-electron chi connectivity index (χ1n) is 22.4. The van der Waals surface area contributed by atoms with Crippen molar-refractivity contribution < 1.29 is 55.5 Å². The van der Waals surface area contributed by atoms with Crippen molar-refractivity contribution in [3.8, 4) is 34.4 Å². The summed E-state index contributed by atoms with van der Waals surface area (Å²) in [6, 6.07) is 10.6. The Morgan fingerprint density at radius 1 is 0.586 bits per heavy atom. The van der Waals surface area contributed by atoms with Gasteiger partial charge in [-0.1, -0.05) is 12.1 Å². The molecule has 2 aromatic carbocycles. The van der Waals surface area contributed by atoms with Gasteiger partial charge in [0.05, 0.1) is 52.2 Å². The molecule has 22 nitrogen and oxygen atoms in total. The molecule has 8 rings (SSSR count). The quantitative estimate of drug-likeness (QED) is 0.124. The number of hydrogen-bond donors (Lipinski definition) is 2. The smallest absolute Gasteiger partial charge is 0.163 e. The lowest BCUT2D eigenvalue weighted by atomic mass is 10.1. The van der Waals surface area contributed by atoms with Crippen LogP contribution in [0.15, 0.2) is 61.2 Å². The van der Waals surface area contributed by atoms with E-state index in [1.807, 2.05) is 13.8 Å². The lowest BCUT2D eigenvalue weighted by Gasteiger charge is -2.21. The van der Waals surface area contributed by atoms with Crippen molar-refractivity contribution in [1.82, 2.24) is 49.5 Å². The lowest BCUT2D eigenvalue weighted by molar-refractivity contribution is 0.165. The number of hydrogen-bond acceptors (Lipinski definition) is 20. The molecule has 2 aliphatic rings. The van der Waals surface area contributed by atoms with Crippen LogP contribution in [-0.4, -0.2) is 142 Å². The van der Waals surface area contributed by atoms with Gasteiger partial charge in [-0.15, -0.1) is 20.4 Å². The molecule has 0 radical (unpaired) electrons. The van der Waals surface area contributed by atoms with Gasteiger partial charge in [0.1, 0.15) is 69.7 Å². The van der Waals surface area contributed by atoms with Crippen LogP contribution in [0.5, 0.6) is 23.0 Å². The van der Waals surface area contributed by atoms with E-state index in [2.05, 4.69) is 40.3 Å². The molecule has 2 saturated heterocycles. The lowest BCUT2D eigenvalue weighted by Crippen LogP contribution is -2.29. The minimum Gasteiger partial charge on any atom is -0.494 e. The summed E-state index contributed by atoms with van der Waals surface area (Å²) in [4.78, 5) is 16.3. The van der Waals surface area contributed by atoms with Crippen LogP contribution in [0, 0.1) is 13.8 Å². The highest BCUT2D eigenvalue weighted by molar-refractivity contribution is 7.91. The Morgan fingerprint density at radius 3 is 1.20 bits per heavy atom. The van der Waals surface area contributed by atoms with Gasteiger partial charge in [0.25, 0.3) is 0 Å². The maximum Gasteiger partial charge on any atom is 0.163 e. The van der Waals surface area contributed by atoms with Gasteiger partial charge in [-0.2, -0.15) is 0 Å². The zero-order chi connectivity index (χ0) is 50.3. The molecule has 0 aliphatic carbocycles. The molecule has 24 heteroatoms. The minimum atomic E-state index is -3.92. The monoisotopic (exact) mass is 1010 g/mol. The molecule has 0 bridgehead atoms. The first-order valence-corrected chi connectivity index (χ1v) is 25.8. The van der Waals surface area contributed by atoms with Gasteiger partial charge in [0.15, 0.2) is 43.0 Å². The van der Waals surface area contributed by atoms with E-state index in [1.54, 1.807) is 45.5 Å². The zero-order valence-electron chi connectivity index (χ0n) is 40.2. The molecule has 0 unspecified atom stereocenters. The van der Waals surface area contributed by atoms with Crippen molar-refractivity contribution in [2.45, 2.75) is 86.6 Å². The van der Waals surface area contributed by atoms with Crippen LogP contribution >= 0.6 is 0 Å². The molecule has 376 valence electrons. The van der Waals surface area contributed by atoms with E-state index in [4.69, 9.17) is 28.4 Å². The number of aromatic nitrogens is 10. The first kappa shape index (κ1) is 51.7. The number of aryl methyl sites for hydroxylation is 2. The normalized spacial score (nSPS) is 17.8. The molecule has 6 atom stereocenters. The molecule has 0 spiro atoms. The van der Waals surface area contributed by atoms with Crippen LogP contribution in [0.4, 0.5) is 0 Å². The molecular formula is C46H58N10O12S2. The Bertz CT molecular complexity index is 2700. The SMILES string of the molecule is COc1cccc(OC)c1-n1c(CS(=O)(=O)[C@@H](C)[C@H](O)c2ncc(C)cn2)nnc1[C@@H]1CCOC1.COc1cccc(OC)c1-n1c(CS(=O)(=O)[C@@H](C)[C@H](O)c2ncc(C)cn2)nnc1[C@H]1CCOC1. The third-order valence-electron chi connectivity index (χ3n) is 12.2. The summed E-state index contributed by atoms with van der Waals surface area (Å²) in [5.41, 5.74) is 2.62. The summed E-state index contributed by atoms with van der Waals surface area (Å²) < 4.78 is 90.4. The molecule has 4 aromatic heterocycles. The number of benzene rings is 2. The van der Waals surface area contributed by atoms with E-state index in [0.717, 1.165) is 24.0 Å². The zero-order valence-corrected chi connectivity index (χ0v) is 41.8. The number of aliphatic hydroxyl groups is 2. The number of aliphatic hydroxyl groups excluding tert-OH is 2. The first-order chi connectivity index (χ1) is 33.5. The van der Waals surface area contributed by atoms with Crippen LogP contribution < -0.4 is 18.9 Å². The fraction of sp³-hybridized carbons (Fsp3) is 0.478. The van der Waals surface area contributed by atoms with Crippen molar-refractivity contribution in [1.29, 1.82) is 0 Å². The molecule has 2 aliphatic heterocycles. The summed E-state index contributed by atoms with van der Waals surface area (Å²) in [5.74, 6) is 2.38. The summed E-state index contributed by atoms with van der Waals surface area (Å²) in [7, 11) is -1.73. The van der Waals surface area contributed by atoms with E-state index < -0.39 is 53.9 Å². The van der Waals surface area contributed by atoms with Gasteiger partial charge in [0.2, 0.25) is 0 Å². The standard InChI is InChI=1S/2C23H29N5O6S/c2*1-14-10-24-22(25-11-14)21(29)15(2)35(30,31)13-19-26-27-23(16-8-9-34-12-16)28(19)20-17(32-3)6-5-7-18(20)33-4/h2*5-7,10-11,15-16,21,29H,8-9,12-13H2,1-4H3/t15-,16+,21-;15-,16-,21-/m00/s1. The third-order valence-corrected chi connectivity index (χ3v) is 16.3. The average molecular weight is 1010 g/mol. The number of sulfone groups is 2.